The van der Waals surface area contributed by atoms with Crippen LogP contribution in [0.3, 0.4) is 0 Å². The van der Waals surface area contributed by atoms with Gasteiger partial charge in [0.05, 0.1) is 18.7 Å². The van der Waals surface area contributed by atoms with E-state index in [4.69, 9.17) is 9.47 Å². The molecule has 3 rings (SSSR count). The third-order valence-corrected chi connectivity index (χ3v) is 4.22. The summed E-state index contributed by atoms with van der Waals surface area (Å²) in [5.74, 6) is 0.659. The van der Waals surface area contributed by atoms with Crippen molar-refractivity contribution in [2.24, 2.45) is 0 Å². The summed E-state index contributed by atoms with van der Waals surface area (Å²) in [4.78, 5) is 14.5. The molecular weight excluding hydrogens is 302 g/mol. The topological polar surface area (TPSA) is 38.8 Å². The third kappa shape index (κ3) is 3.70. The Morgan fingerprint density at radius 2 is 1.96 bits per heavy atom. The number of esters is 1. The second-order valence-corrected chi connectivity index (χ2v) is 5.78. The lowest BCUT2D eigenvalue weighted by atomic mass is 9.96. The van der Waals surface area contributed by atoms with Crippen LogP contribution in [0.15, 0.2) is 48.5 Å². The lowest BCUT2D eigenvalue weighted by Gasteiger charge is -2.32. The van der Waals surface area contributed by atoms with Gasteiger partial charge in [0.2, 0.25) is 0 Å². The van der Waals surface area contributed by atoms with E-state index in [9.17, 15) is 4.79 Å². The highest BCUT2D eigenvalue weighted by Crippen LogP contribution is 2.30. The molecule has 0 bridgehead atoms. The Labute approximate surface area is 143 Å². The summed E-state index contributed by atoms with van der Waals surface area (Å²) in [6.07, 6.45) is 1.95. The fourth-order valence-electron chi connectivity index (χ4n) is 3.12. The van der Waals surface area contributed by atoms with E-state index in [2.05, 4.69) is 11.0 Å². The molecule has 1 heterocycles. The van der Waals surface area contributed by atoms with Crippen LogP contribution in [0, 0.1) is 0 Å². The van der Waals surface area contributed by atoms with Crippen LogP contribution in [0.1, 0.15) is 29.3 Å². The average molecular weight is 325 g/mol. The summed E-state index contributed by atoms with van der Waals surface area (Å²) >= 11 is 0. The van der Waals surface area contributed by atoms with Gasteiger partial charge in [0.15, 0.2) is 0 Å². The van der Waals surface area contributed by atoms with E-state index in [-0.39, 0.29) is 5.97 Å². The molecule has 0 atom stereocenters. The molecule has 0 saturated heterocycles. The van der Waals surface area contributed by atoms with Gasteiger partial charge in [0, 0.05) is 12.2 Å². The highest BCUT2D eigenvalue weighted by atomic mass is 16.5. The van der Waals surface area contributed by atoms with Crippen LogP contribution >= 0.6 is 0 Å². The fraction of sp³-hybridized carbons (Fsp3) is 0.350. The first-order valence-corrected chi connectivity index (χ1v) is 8.51. The van der Waals surface area contributed by atoms with Gasteiger partial charge in [0.1, 0.15) is 12.4 Å². The number of para-hydroxylation sites is 1. The SMILES string of the molecule is CCOC(=O)c1cccc2c1CCCN2CCOc1ccccc1. The largest absolute Gasteiger partial charge is 0.492 e. The van der Waals surface area contributed by atoms with Gasteiger partial charge in [-0.1, -0.05) is 24.3 Å². The van der Waals surface area contributed by atoms with E-state index >= 15 is 0 Å². The highest BCUT2D eigenvalue weighted by Gasteiger charge is 2.22. The lowest BCUT2D eigenvalue weighted by Crippen LogP contribution is -2.34. The molecular formula is C20H23NO3. The summed E-state index contributed by atoms with van der Waals surface area (Å²) in [6, 6.07) is 15.7. The Hall–Kier alpha value is -2.49. The quantitative estimate of drug-likeness (QED) is 0.759. The number of hydrogen-bond donors (Lipinski definition) is 0. The molecule has 126 valence electrons. The van der Waals surface area contributed by atoms with Crippen molar-refractivity contribution in [3.8, 4) is 5.75 Å². The molecule has 1 aliphatic rings. The predicted molar refractivity (Wildman–Crippen MR) is 94.9 cm³/mol. The molecule has 1 aliphatic heterocycles. The number of ether oxygens (including phenoxy) is 2. The molecule has 0 spiro atoms. The summed E-state index contributed by atoms with van der Waals surface area (Å²) < 4.78 is 11.0. The van der Waals surface area contributed by atoms with E-state index in [1.54, 1.807) is 0 Å². The van der Waals surface area contributed by atoms with E-state index in [1.165, 1.54) is 0 Å². The Balaban J connectivity index is 1.70. The zero-order valence-corrected chi connectivity index (χ0v) is 14.0. The minimum Gasteiger partial charge on any atom is -0.492 e. The van der Waals surface area contributed by atoms with Gasteiger partial charge >= 0.3 is 5.97 Å². The first kappa shape index (κ1) is 16.4. The van der Waals surface area contributed by atoms with Gasteiger partial charge in [-0.25, -0.2) is 4.79 Å². The molecule has 0 saturated carbocycles. The Kier molecular flexibility index (Phi) is 5.36. The third-order valence-electron chi connectivity index (χ3n) is 4.22. The van der Waals surface area contributed by atoms with Gasteiger partial charge in [0.25, 0.3) is 0 Å². The van der Waals surface area contributed by atoms with Gasteiger partial charge in [-0.05, 0) is 49.6 Å². The number of nitrogens with zero attached hydrogens (tertiary/aromatic N) is 1. The molecule has 0 aromatic heterocycles. The highest BCUT2D eigenvalue weighted by molar-refractivity contribution is 5.93. The molecule has 2 aromatic rings. The number of anilines is 1. The van der Waals surface area contributed by atoms with E-state index in [1.807, 2.05) is 49.4 Å². The molecule has 0 fully saturated rings. The van der Waals surface area contributed by atoms with Gasteiger partial charge in [-0.15, -0.1) is 0 Å². The monoisotopic (exact) mass is 325 g/mol. The van der Waals surface area contributed by atoms with Gasteiger partial charge in [-0.3, -0.25) is 0 Å². The van der Waals surface area contributed by atoms with Crippen LogP contribution in [0.2, 0.25) is 0 Å². The molecule has 0 N–H and O–H groups in total. The average Bonchev–Trinajstić information content (AvgIpc) is 2.62. The zero-order valence-electron chi connectivity index (χ0n) is 14.0. The zero-order chi connectivity index (χ0) is 16.8. The molecule has 24 heavy (non-hydrogen) atoms. The fourth-order valence-corrected chi connectivity index (χ4v) is 3.12. The second kappa shape index (κ2) is 7.86. The summed E-state index contributed by atoms with van der Waals surface area (Å²) in [6.45, 7) is 4.64. The smallest absolute Gasteiger partial charge is 0.338 e. The van der Waals surface area contributed by atoms with Crippen molar-refractivity contribution in [1.29, 1.82) is 0 Å². The molecule has 0 aliphatic carbocycles. The maximum absolute atomic E-state index is 12.2. The van der Waals surface area contributed by atoms with E-state index in [0.29, 0.717) is 18.8 Å². The minimum atomic E-state index is -0.225. The van der Waals surface area contributed by atoms with Crippen molar-refractivity contribution in [2.75, 3.05) is 31.2 Å². The molecule has 4 heteroatoms. The lowest BCUT2D eigenvalue weighted by molar-refractivity contribution is 0.0525. The number of rotatable bonds is 6. The maximum atomic E-state index is 12.2. The Bertz CT molecular complexity index is 685. The summed E-state index contributed by atoms with van der Waals surface area (Å²) in [5.41, 5.74) is 2.92. The number of fused-ring (bicyclic) bond motifs is 1. The van der Waals surface area contributed by atoms with Crippen molar-refractivity contribution in [3.63, 3.8) is 0 Å². The summed E-state index contributed by atoms with van der Waals surface area (Å²) in [7, 11) is 0. The number of benzene rings is 2. The van der Waals surface area contributed by atoms with Crippen LogP contribution in [-0.2, 0) is 11.2 Å². The number of carbonyl (C=O) groups is 1. The Morgan fingerprint density at radius 3 is 2.75 bits per heavy atom. The standard InChI is InChI=1S/C20H23NO3/c1-2-23-20(22)18-10-6-12-19-17(18)11-7-13-21(19)14-15-24-16-8-4-3-5-9-16/h3-6,8-10,12H,2,7,11,13-15H2,1H3. The minimum absolute atomic E-state index is 0.225. The van der Waals surface area contributed by atoms with Crippen molar-refractivity contribution in [1.82, 2.24) is 0 Å². The van der Waals surface area contributed by atoms with Crippen molar-refractivity contribution in [3.05, 3.63) is 59.7 Å². The van der Waals surface area contributed by atoms with E-state index in [0.717, 1.165) is 42.9 Å². The van der Waals surface area contributed by atoms with Crippen molar-refractivity contribution >= 4 is 11.7 Å². The normalized spacial score (nSPS) is 13.3. The van der Waals surface area contributed by atoms with Crippen LogP contribution < -0.4 is 9.64 Å². The molecule has 2 aromatic carbocycles. The first-order valence-electron chi connectivity index (χ1n) is 8.51. The van der Waals surface area contributed by atoms with Crippen LogP contribution in [-0.4, -0.2) is 32.3 Å². The van der Waals surface area contributed by atoms with Crippen molar-refractivity contribution < 1.29 is 14.3 Å². The van der Waals surface area contributed by atoms with Crippen LogP contribution in [0.25, 0.3) is 0 Å². The number of hydrogen-bond acceptors (Lipinski definition) is 4. The van der Waals surface area contributed by atoms with E-state index < -0.39 is 0 Å². The predicted octanol–water partition coefficient (Wildman–Crippen LogP) is 3.69. The van der Waals surface area contributed by atoms with Crippen LogP contribution in [0.5, 0.6) is 5.75 Å². The number of carbonyl (C=O) groups excluding carboxylic acids is 1. The van der Waals surface area contributed by atoms with Gasteiger partial charge < -0.3 is 14.4 Å². The van der Waals surface area contributed by atoms with Gasteiger partial charge in [-0.2, -0.15) is 0 Å². The molecule has 0 radical (unpaired) electrons. The molecule has 4 nitrogen and oxygen atoms in total. The molecule has 0 unspecified atom stereocenters. The van der Waals surface area contributed by atoms with Crippen LogP contribution in [0.4, 0.5) is 5.69 Å². The summed E-state index contributed by atoms with van der Waals surface area (Å²) in [5, 5.41) is 0. The maximum Gasteiger partial charge on any atom is 0.338 e. The first-order chi connectivity index (χ1) is 11.8. The molecule has 0 amide bonds. The second-order valence-electron chi connectivity index (χ2n) is 5.78. The Morgan fingerprint density at radius 1 is 1.12 bits per heavy atom. The van der Waals surface area contributed by atoms with Crippen molar-refractivity contribution in [2.45, 2.75) is 19.8 Å².